The minimum atomic E-state index is 0.165. The number of aryl methyl sites for hydroxylation is 1. The van der Waals surface area contributed by atoms with Crippen molar-refractivity contribution in [2.24, 2.45) is 5.73 Å². The Morgan fingerprint density at radius 2 is 1.87 bits per heavy atom. The zero-order chi connectivity index (χ0) is 20.9. The molecule has 2 aliphatic heterocycles. The first-order chi connectivity index (χ1) is 14.6. The molecule has 3 aromatic rings. The van der Waals surface area contributed by atoms with E-state index in [2.05, 4.69) is 30.0 Å². The number of benzene rings is 2. The predicted molar refractivity (Wildman–Crippen MR) is 121 cm³/mol. The Kier molecular flexibility index (Phi) is 6.45. The Hall–Kier alpha value is -2.70. The first-order valence-electron chi connectivity index (χ1n) is 10.8. The van der Waals surface area contributed by atoms with Gasteiger partial charge in [0, 0.05) is 37.7 Å². The van der Waals surface area contributed by atoms with Crippen LogP contribution in [0.15, 0.2) is 42.5 Å². The molecule has 6 heteroatoms. The highest BCUT2D eigenvalue weighted by atomic mass is 16.5. The molecule has 0 radical (unpaired) electrons. The van der Waals surface area contributed by atoms with Crippen LogP contribution in [0, 0.1) is 6.92 Å². The molecule has 1 atom stereocenters. The van der Waals surface area contributed by atoms with Crippen molar-refractivity contribution in [1.82, 2.24) is 9.97 Å². The maximum absolute atomic E-state index is 10.2. The van der Waals surface area contributed by atoms with Crippen molar-refractivity contribution in [3.05, 3.63) is 48.0 Å². The number of nitrogens with zero attached hydrogens (tertiary/aromatic N) is 3. The third-order valence-corrected chi connectivity index (χ3v) is 5.56. The number of nitrogens with two attached hydrogens (primary N) is 1. The number of aromatic nitrogens is 2. The lowest BCUT2D eigenvalue weighted by atomic mass is 10.1. The van der Waals surface area contributed by atoms with Gasteiger partial charge in [-0.1, -0.05) is 18.2 Å². The minimum Gasteiger partial charge on any atom is -0.507 e. The quantitative estimate of drug-likeness (QED) is 0.668. The Morgan fingerprint density at radius 1 is 1.07 bits per heavy atom. The number of phenols is 1. The molecule has 30 heavy (non-hydrogen) atoms. The number of aromatic hydroxyl groups is 1. The van der Waals surface area contributed by atoms with Crippen LogP contribution in [0.3, 0.4) is 0 Å². The van der Waals surface area contributed by atoms with E-state index in [1.165, 1.54) is 12.8 Å². The van der Waals surface area contributed by atoms with Crippen molar-refractivity contribution >= 4 is 16.7 Å². The summed E-state index contributed by atoms with van der Waals surface area (Å²) in [5, 5.41) is 11.2. The summed E-state index contributed by atoms with van der Waals surface area (Å²) >= 11 is 0. The van der Waals surface area contributed by atoms with Crippen molar-refractivity contribution in [2.45, 2.75) is 38.6 Å². The van der Waals surface area contributed by atoms with E-state index in [0.717, 1.165) is 61.4 Å². The molecule has 2 aromatic carbocycles. The normalized spacial score (nSPS) is 18.9. The van der Waals surface area contributed by atoms with E-state index in [1.807, 2.05) is 12.1 Å². The molecule has 0 spiro atoms. The van der Waals surface area contributed by atoms with Crippen molar-refractivity contribution in [2.75, 3.05) is 31.2 Å². The Balaban J connectivity index is 0.000000383. The van der Waals surface area contributed by atoms with Crippen LogP contribution in [-0.4, -0.2) is 47.4 Å². The number of fused-ring (bicyclic) bond motifs is 1. The molecule has 0 bridgehead atoms. The van der Waals surface area contributed by atoms with E-state index in [1.54, 1.807) is 12.1 Å². The maximum Gasteiger partial charge on any atom is 0.165 e. The van der Waals surface area contributed by atoms with Crippen LogP contribution in [0.1, 0.15) is 31.2 Å². The number of hydrogen-bond acceptors (Lipinski definition) is 6. The number of para-hydroxylation sites is 1. The molecule has 6 nitrogen and oxygen atoms in total. The first-order valence-corrected chi connectivity index (χ1v) is 10.8. The van der Waals surface area contributed by atoms with Gasteiger partial charge in [-0.3, -0.25) is 0 Å². The van der Waals surface area contributed by atoms with Crippen LogP contribution < -0.4 is 10.6 Å². The van der Waals surface area contributed by atoms with Crippen LogP contribution in [-0.2, 0) is 4.74 Å². The van der Waals surface area contributed by atoms with Gasteiger partial charge in [0.05, 0.1) is 11.1 Å². The summed E-state index contributed by atoms with van der Waals surface area (Å²) in [6.07, 6.45) is 4.66. The summed E-state index contributed by atoms with van der Waals surface area (Å²) in [5.41, 5.74) is 8.87. The SMILES string of the molecule is C1CCOC1.Cc1ccc2c(N3CCCC(N)C3)nc(-c3ccccc3O)nc2c1. The van der Waals surface area contributed by atoms with Crippen molar-refractivity contribution in [3.8, 4) is 17.1 Å². The number of phenolic OH excluding ortho intramolecular Hbond substituents is 1. The second-order valence-corrected chi connectivity index (χ2v) is 8.08. The second kappa shape index (κ2) is 9.41. The molecule has 5 rings (SSSR count). The summed E-state index contributed by atoms with van der Waals surface area (Å²) in [6, 6.07) is 13.6. The van der Waals surface area contributed by atoms with Crippen LogP contribution in [0.2, 0.25) is 0 Å². The van der Waals surface area contributed by atoms with E-state index in [4.69, 9.17) is 20.4 Å². The van der Waals surface area contributed by atoms with Crippen molar-refractivity contribution in [3.63, 3.8) is 0 Å². The molecule has 2 saturated heterocycles. The van der Waals surface area contributed by atoms with Gasteiger partial charge in [-0.05, 0) is 62.4 Å². The van der Waals surface area contributed by atoms with Crippen molar-refractivity contribution < 1.29 is 9.84 Å². The van der Waals surface area contributed by atoms with E-state index in [-0.39, 0.29) is 11.8 Å². The maximum atomic E-state index is 10.2. The minimum absolute atomic E-state index is 0.165. The molecule has 1 aromatic heterocycles. The van der Waals surface area contributed by atoms with Gasteiger partial charge in [-0.2, -0.15) is 0 Å². The Labute approximate surface area is 177 Å². The Bertz CT molecular complexity index is 996. The molecule has 0 aliphatic carbocycles. The second-order valence-electron chi connectivity index (χ2n) is 8.08. The molecule has 3 N–H and O–H groups in total. The lowest BCUT2D eigenvalue weighted by Crippen LogP contribution is -2.43. The van der Waals surface area contributed by atoms with E-state index in [0.29, 0.717) is 11.4 Å². The van der Waals surface area contributed by atoms with E-state index < -0.39 is 0 Å². The fourth-order valence-corrected chi connectivity index (χ4v) is 3.96. The van der Waals surface area contributed by atoms with Crippen LogP contribution in [0.5, 0.6) is 5.75 Å². The standard InChI is InChI=1S/C20H22N4O.C4H8O/c1-13-8-9-15-17(11-13)22-19(16-6-2-3-7-18(16)25)23-20(15)24-10-4-5-14(21)12-24;1-2-4-5-3-1/h2-3,6-9,11,14,25H,4-5,10,12,21H2,1H3;1-4H2. The van der Waals surface area contributed by atoms with E-state index >= 15 is 0 Å². The molecule has 158 valence electrons. The monoisotopic (exact) mass is 406 g/mol. The van der Waals surface area contributed by atoms with Gasteiger partial charge in [-0.15, -0.1) is 0 Å². The largest absolute Gasteiger partial charge is 0.507 e. The summed E-state index contributed by atoms with van der Waals surface area (Å²) in [7, 11) is 0. The van der Waals surface area contributed by atoms with E-state index in [9.17, 15) is 5.11 Å². The zero-order valence-corrected chi connectivity index (χ0v) is 17.6. The first kappa shape index (κ1) is 20.6. The molecule has 2 fully saturated rings. The van der Waals surface area contributed by atoms with Gasteiger partial charge >= 0.3 is 0 Å². The molecular weight excluding hydrogens is 376 g/mol. The van der Waals surface area contributed by atoms with Crippen LogP contribution in [0.4, 0.5) is 5.82 Å². The molecule has 3 heterocycles. The molecule has 1 unspecified atom stereocenters. The molecule has 0 amide bonds. The fourth-order valence-electron chi connectivity index (χ4n) is 3.96. The van der Waals surface area contributed by atoms with Gasteiger partial charge in [0.2, 0.25) is 0 Å². The highest BCUT2D eigenvalue weighted by Crippen LogP contribution is 2.32. The molecule has 0 saturated carbocycles. The average Bonchev–Trinajstić information content (AvgIpc) is 3.33. The molecule has 2 aliphatic rings. The van der Waals surface area contributed by atoms with Gasteiger partial charge in [-0.25, -0.2) is 9.97 Å². The summed E-state index contributed by atoms with van der Waals surface area (Å²) in [4.78, 5) is 11.8. The predicted octanol–water partition coefficient (Wildman–Crippen LogP) is 4.04. The number of rotatable bonds is 2. The zero-order valence-electron chi connectivity index (χ0n) is 17.6. The number of anilines is 1. The number of piperidine rings is 1. The van der Waals surface area contributed by atoms with Crippen molar-refractivity contribution in [1.29, 1.82) is 0 Å². The third-order valence-electron chi connectivity index (χ3n) is 5.56. The summed E-state index contributed by atoms with van der Waals surface area (Å²) in [5.74, 6) is 1.64. The lowest BCUT2D eigenvalue weighted by molar-refractivity contribution is 0.198. The average molecular weight is 407 g/mol. The summed E-state index contributed by atoms with van der Waals surface area (Å²) < 4.78 is 4.94. The van der Waals surface area contributed by atoms with Crippen LogP contribution >= 0.6 is 0 Å². The summed E-state index contributed by atoms with van der Waals surface area (Å²) in [6.45, 7) is 5.78. The van der Waals surface area contributed by atoms with Gasteiger partial charge < -0.3 is 20.5 Å². The number of hydrogen-bond donors (Lipinski definition) is 2. The Morgan fingerprint density at radius 3 is 2.57 bits per heavy atom. The highest BCUT2D eigenvalue weighted by molar-refractivity contribution is 5.92. The number of ether oxygens (including phenoxy) is 1. The van der Waals surface area contributed by atoms with Gasteiger partial charge in [0.25, 0.3) is 0 Å². The topological polar surface area (TPSA) is 84.5 Å². The fraction of sp³-hybridized carbons (Fsp3) is 0.417. The highest BCUT2D eigenvalue weighted by Gasteiger charge is 2.22. The van der Waals surface area contributed by atoms with Gasteiger partial charge in [0.15, 0.2) is 5.82 Å². The third kappa shape index (κ3) is 4.71. The smallest absolute Gasteiger partial charge is 0.165 e. The van der Waals surface area contributed by atoms with Crippen LogP contribution in [0.25, 0.3) is 22.3 Å². The lowest BCUT2D eigenvalue weighted by Gasteiger charge is -2.32. The molecular formula is C24H30N4O2. The van der Waals surface area contributed by atoms with Gasteiger partial charge in [0.1, 0.15) is 11.6 Å².